The van der Waals surface area contributed by atoms with Crippen LogP contribution in [0.15, 0.2) is 0 Å². The van der Waals surface area contributed by atoms with Gasteiger partial charge in [0.05, 0.1) is 7.11 Å². The average molecular weight is 228 g/mol. The normalized spacial score (nSPS) is 21.2. The number of carbonyl (C=O) groups is 1. The van der Waals surface area contributed by atoms with Crippen LogP contribution in [0.2, 0.25) is 0 Å². The zero-order valence-corrected chi connectivity index (χ0v) is 10.5. The van der Waals surface area contributed by atoms with E-state index in [1.807, 2.05) is 0 Å². The van der Waals surface area contributed by atoms with Gasteiger partial charge < -0.3 is 10.1 Å². The molecule has 1 atom stereocenters. The van der Waals surface area contributed by atoms with E-state index in [1.54, 1.807) is 0 Å². The predicted octanol–water partition coefficient (Wildman–Crippen LogP) is 1.01. The lowest BCUT2D eigenvalue weighted by Crippen LogP contribution is -2.38. The van der Waals surface area contributed by atoms with Crippen molar-refractivity contribution in [3.63, 3.8) is 0 Å². The maximum atomic E-state index is 10.9. The van der Waals surface area contributed by atoms with E-state index in [4.69, 9.17) is 0 Å². The number of carbonyl (C=O) groups excluding carboxylic acids is 1. The number of nitrogens with one attached hydrogen (secondary N) is 1. The van der Waals surface area contributed by atoms with Gasteiger partial charge in [0.1, 0.15) is 0 Å². The van der Waals surface area contributed by atoms with Crippen molar-refractivity contribution >= 4 is 5.97 Å². The van der Waals surface area contributed by atoms with Crippen molar-refractivity contribution in [2.24, 2.45) is 0 Å². The minimum Gasteiger partial charge on any atom is -0.469 e. The van der Waals surface area contributed by atoms with Gasteiger partial charge in [0.25, 0.3) is 0 Å². The number of hydrogen-bond acceptors (Lipinski definition) is 4. The number of hydrogen-bond donors (Lipinski definition) is 1. The van der Waals surface area contributed by atoms with Gasteiger partial charge in [-0.1, -0.05) is 6.92 Å². The van der Waals surface area contributed by atoms with Crippen LogP contribution >= 0.6 is 0 Å². The molecule has 1 saturated heterocycles. The Morgan fingerprint density at radius 2 is 2.38 bits per heavy atom. The van der Waals surface area contributed by atoms with Gasteiger partial charge in [-0.05, 0) is 38.9 Å². The van der Waals surface area contributed by atoms with E-state index in [9.17, 15) is 4.79 Å². The van der Waals surface area contributed by atoms with Crippen LogP contribution in [0.4, 0.5) is 0 Å². The van der Waals surface area contributed by atoms with Crippen molar-refractivity contribution in [1.82, 2.24) is 10.2 Å². The summed E-state index contributed by atoms with van der Waals surface area (Å²) in [5.74, 6) is -0.113. The first-order chi connectivity index (χ1) is 7.77. The van der Waals surface area contributed by atoms with Crippen LogP contribution in [-0.2, 0) is 9.53 Å². The minimum absolute atomic E-state index is 0.113. The molecule has 94 valence electrons. The summed E-state index contributed by atoms with van der Waals surface area (Å²) >= 11 is 0. The number of rotatable bonds is 7. The maximum Gasteiger partial charge on any atom is 0.305 e. The number of nitrogens with zero attached hydrogens (tertiary/aromatic N) is 1. The Morgan fingerprint density at radius 3 is 3.06 bits per heavy atom. The number of methoxy groups -OCH3 is 1. The van der Waals surface area contributed by atoms with E-state index in [-0.39, 0.29) is 5.97 Å². The van der Waals surface area contributed by atoms with Crippen LogP contribution in [0.5, 0.6) is 0 Å². The Bertz CT molecular complexity index is 209. The smallest absolute Gasteiger partial charge is 0.305 e. The van der Waals surface area contributed by atoms with Crippen LogP contribution in [0.1, 0.15) is 32.6 Å². The van der Waals surface area contributed by atoms with E-state index < -0.39 is 0 Å². The van der Waals surface area contributed by atoms with Crippen LogP contribution in [0.25, 0.3) is 0 Å². The Morgan fingerprint density at radius 1 is 1.56 bits per heavy atom. The molecule has 0 spiro atoms. The van der Waals surface area contributed by atoms with Crippen molar-refractivity contribution in [2.45, 2.75) is 38.6 Å². The molecule has 16 heavy (non-hydrogen) atoms. The summed E-state index contributed by atoms with van der Waals surface area (Å²) in [6.45, 7) is 6.56. The standard InChI is InChI=1S/C12H24N2O2/c1-3-14-9-5-6-11(14)10-13-8-4-7-12(15)16-2/h11,13H,3-10H2,1-2H3. The molecule has 1 N–H and O–H groups in total. The van der Waals surface area contributed by atoms with E-state index in [1.165, 1.54) is 26.5 Å². The summed E-state index contributed by atoms with van der Waals surface area (Å²) < 4.78 is 4.59. The number of likely N-dealkylation sites (N-methyl/N-ethyl adjacent to an activating group) is 1. The molecule has 0 aromatic carbocycles. The zero-order valence-electron chi connectivity index (χ0n) is 10.5. The second-order valence-electron chi connectivity index (χ2n) is 4.31. The molecule has 1 fully saturated rings. The fourth-order valence-corrected chi connectivity index (χ4v) is 2.27. The molecule has 1 heterocycles. The fourth-order valence-electron chi connectivity index (χ4n) is 2.27. The maximum absolute atomic E-state index is 10.9. The number of ether oxygens (including phenoxy) is 1. The van der Waals surface area contributed by atoms with Crippen LogP contribution in [0.3, 0.4) is 0 Å². The van der Waals surface area contributed by atoms with Crippen molar-refractivity contribution in [3.05, 3.63) is 0 Å². The van der Waals surface area contributed by atoms with Gasteiger partial charge in [0.15, 0.2) is 0 Å². The second-order valence-corrected chi connectivity index (χ2v) is 4.31. The first-order valence-corrected chi connectivity index (χ1v) is 6.29. The van der Waals surface area contributed by atoms with E-state index in [0.29, 0.717) is 12.5 Å². The third-order valence-corrected chi connectivity index (χ3v) is 3.25. The SMILES string of the molecule is CCN1CCCC1CNCCCC(=O)OC. The average Bonchev–Trinajstić information content (AvgIpc) is 2.75. The lowest BCUT2D eigenvalue weighted by Gasteiger charge is -2.22. The highest BCUT2D eigenvalue weighted by molar-refractivity contribution is 5.69. The molecular formula is C12H24N2O2. The van der Waals surface area contributed by atoms with Crippen LogP contribution in [0, 0.1) is 0 Å². The van der Waals surface area contributed by atoms with Crippen LogP contribution < -0.4 is 5.32 Å². The second kappa shape index (κ2) is 7.63. The van der Waals surface area contributed by atoms with E-state index in [2.05, 4.69) is 21.9 Å². The summed E-state index contributed by atoms with van der Waals surface area (Å²) in [5.41, 5.74) is 0. The minimum atomic E-state index is -0.113. The van der Waals surface area contributed by atoms with Crippen LogP contribution in [-0.4, -0.2) is 50.2 Å². The van der Waals surface area contributed by atoms with Gasteiger partial charge >= 0.3 is 5.97 Å². The third-order valence-electron chi connectivity index (χ3n) is 3.25. The largest absolute Gasteiger partial charge is 0.469 e. The Balaban J connectivity index is 2.00. The molecule has 0 amide bonds. The number of likely N-dealkylation sites (tertiary alicyclic amines) is 1. The molecule has 0 bridgehead atoms. The molecule has 0 saturated carbocycles. The van der Waals surface area contributed by atoms with Gasteiger partial charge in [-0.3, -0.25) is 9.69 Å². The van der Waals surface area contributed by atoms with Crippen molar-refractivity contribution in [2.75, 3.05) is 33.3 Å². The summed E-state index contributed by atoms with van der Waals surface area (Å²) in [6, 6.07) is 0.697. The van der Waals surface area contributed by atoms with Crippen molar-refractivity contribution < 1.29 is 9.53 Å². The van der Waals surface area contributed by atoms with Gasteiger partial charge in [-0.25, -0.2) is 0 Å². The molecule has 0 aromatic rings. The summed E-state index contributed by atoms with van der Waals surface area (Å²) in [4.78, 5) is 13.4. The summed E-state index contributed by atoms with van der Waals surface area (Å²) in [6.07, 6.45) is 4.01. The molecule has 0 radical (unpaired) electrons. The molecular weight excluding hydrogens is 204 g/mol. The first-order valence-electron chi connectivity index (χ1n) is 6.29. The molecule has 1 aliphatic rings. The Kier molecular flexibility index (Phi) is 6.42. The first kappa shape index (κ1) is 13.5. The summed E-state index contributed by atoms with van der Waals surface area (Å²) in [7, 11) is 1.44. The predicted molar refractivity (Wildman–Crippen MR) is 64.4 cm³/mol. The Labute approximate surface area is 98.3 Å². The molecule has 1 unspecified atom stereocenters. The number of esters is 1. The lowest BCUT2D eigenvalue weighted by atomic mass is 10.2. The highest BCUT2D eigenvalue weighted by Crippen LogP contribution is 2.15. The van der Waals surface area contributed by atoms with Gasteiger partial charge in [-0.15, -0.1) is 0 Å². The third kappa shape index (κ3) is 4.49. The molecule has 1 aliphatic heterocycles. The van der Waals surface area contributed by atoms with E-state index in [0.717, 1.165) is 26.1 Å². The van der Waals surface area contributed by atoms with Gasteiger partial charge in [0, 0.05) is 19.0 Å². The summed E-state index contributed by atoms with van der Waals surface area (Å²) in [5, 5.41) is 3.42. The lowest BCUT2D eigenvalue weighted by molar-refractivity contribution is -0.140. The van der Waals surface area contributed by atoms with Gasteiger partial charge in [-0.2, -0.15) is 0 Å². The van der Waals surface area contributed by atoms with Crippen molar-refractivity contribution in [3.8, 4) is 0 Å². The molecule has 0 aromatic heterocycles. The zero-order chi connectivity index (χ0) is 11.8. The molecule has 1 rings (SSSR count). The Hall–Kier alpha value is -0.610. The topological polar surface area (TPSA) is 41.6 Å². The molecule has 0 aliphatic carbocycles. The highest BCUT2D eigenvalue weighted by atomic mass is 16.5. The quantitative estimate of drug-likeness (QED) is 0.522. The van der Waals surface area contributed by atoms with E-state index >= 15 is 0 Å². The fraction of sp³-hybridized carbons (Fsp3) is 0.917. The highest BCUT2D eigenvalue weighted by Gasteiger charge is 2.21. The van der Waals surface area contributed by atoms with Crippen molar-refractivity contribution in [1.29, 1.82) is 0 Å². The molecule has 4 nitrogen and oxygen atoms in total. The molecule has 4 heteroatoms. The van der Waals surface area contributed by atoms with Gasteiger partial charge in [0.2, 0.25) is 0 Å². The monoisotopic (exact) mass is 228 g/mol.